The summed E-state index contributed by atoms with van der Waals surface area (Å²) in [6, 6.07) is 2.44. The van der Waals surface area contributed by atoms with Gasteiger partial charge in [0, 0.05) is 6.54 Å². The van der Waals surface area contributed by atoms with Gasteiger partial charge in [-0.05, 0) is 37.3 Å². The number of hydrogen-bond acceptors (Lipinski definition) is 3. The summed E-state index contributed by atoms with van der Waals surface area (Å²) >= 11 is 0. The first-order chi connectivity index (χ1) is 14.3. The second-order valence-corrected chi connectivity index (χ2v) is 8.07. The highest BCUT2D eigenvalue weighted by molar-refractivity contribution is 7.92. The van der Waals surface area contributed by atoms with Crippen molar-refractivity contribution in [3.8, 4) is 0 Å². The Labute approximate surface area is 169 Å². The van der Waals surface area contributed by atoms with Crippen LogP contribution >= 0.6 is 0 Å². The zero-order chi connectivity index (χ0) is 23.3. The number of nitrogens with zero attached hydrogens (tertiary/aromatic N) is 2. The molecule has 0 aliphatic carbocycles. The lowest BCUT2D eigenvalue weighted by Gasteiger charge is -2.08. The summed E-state index contributed by atoms with van der Waals surface area (Å²) in [4.78, 5) is 2.85. The second-order valence-electron chi connectivity index (χ2n) is 6.13. The van der Waals surface area contributed by atoms with E-state index in [4.69, 9.17) is 0 Å². The van der Waals surface area contributed by atoms with Crippen LogP contribution in [0.5, 0.6) is 0 Å². The molecule has 0 amide bonds. The van der Waals surface area contributed by atoms with Crippen LogP contribution in [0.4, 0.5) is 35.1 Å². The third-order valence-electron chi connectivity index (χ3n) is 4.32. The summed E-state index contributed by atoms with van der Waals surface area (Å²) in [5.41, 5.74) is -6.79. The molecule has 0 aliphatic rings. The minimum atomic E-state index is -5.64. The summed E-state index contributed by atoms with van der Waals surface area (Å²) in [5.74, 6) is -10.9. The van der Waals surface area contributed by atoms with E-state index in [2.05, 4.69) is 4.98 Å². The first-order valence-corrected chi connectivity index (χ1v) is 9.80. The Hall–Kier alpha value is -2.96. The van der Waals surface area contributed by atoms with Gasteiger partial charge in [0.05, 0.1) is 21.5 Å². The van der Waals surface area contributed by atoms with Gasteiger partial charge in [-0.3, -0.25) is 0 Å². The molecule has 2 aromatic carbocycles. The highest BCUT2D eigenvalue weighted by atomic mass is 32.2. The highest BCUT2D eigenvalue weighted by Gasteiger charge is 2.47. The van der Waals surface area contributed by atoms with Crippen LogP contribution in [-0.4, -0.2) is 23.5 Å². The van der Waals surface area contributed by atoms with Crippen molar-refractivity contribution < 1.29 is 43.5 Å². The number of aromatic nitrogens is 2. The van der Waals surface area contributed by atoms with E-state index in [1.54, 1.807) is 6.92 Å². The van der Waals surface area contributed by atoms with Crippen LogP contribution < -0.4 is 0 Å². The molecular formula is C18H10F8N2O2S. The van der Waals surface area contributed by atoms with E-state index in [0.29, 0.717) is 12.1 Å². The summed E-state index contributed by atoms with van der Waals surface area (Å²) in [6.45, 7) is 1.72. The predicted octanol–water partition coefficient (Wildman–Crippen LogP) is 5.22. The molecule has 166 valence electrons. The van der Waals surface area contributed by atoms with Crippen LogP contribution in [0.1, 0.15) is 18.3 Å². The largest absolute Gasteiger partial charge is 0.501 e. The number of alkyl halides is 3. The molecule has 4 nitrogen and oxygen atoms in total. The van der Waals surface area contributed by atoms with E-state index in [-0.39, 0.29) is 23.4 Å². The van der Waals surface area contributed by atoms with Crippen molar-refractivity contribution in [1.29, 1.82) is 0 Å². The zero-order valence-electron chi connectivity index (χ0n) is 15.2. The molecule has 0 saturated heterocycles. The lowest BCUT2D eigenvalue weighted by Crippen LogP contribution is -2.23. The quantitative estimate of drug-likeness (QED) is 0.299. The molecule has 0 N–H and O–H groups in total. The Morgan fingerprint density at radius 3 is 2.00 bits per heavy atom. The topological polar surface area (TPSA) is 52.0 Å². The molecule has 0 saturated carbocycles. The molecule has 13 heteroatoms. The van der Waals surface area contributed by atoms with Gasteiger partial charge in [-0.15, -0.1) is 0 Å². The summed E-state index contributed by atoms with van der Waals surface area (Å²) < 4.78 is 130. The number of fused-ring (bicyclic) bond motifs is 1. The molecule has 0 aliphatic heterocycles. The van der Waals surface area contributed by atoms with Crippen molar-refractivity contribution in [2.24, 2.45) is 0 Å². The van der Waals surface area contributed by atoms with Gasteiger partial charge < -0.3 is 4.57 Å². The van der Waals surface area contributed by atoms with Crippen LogP contribution in [0.15, 0.2) is 23.1 Å². The molecule has 1 aromatic heterocycles. The van der Waals surface area contributed by atoms with Gasteiger partial charge in [0.15, 0.2) is 23.3 Å². The fraction of sp³-hybridized carbons (Fsp3) is 0.167. The predicted molar refractivity (Wildman–Crippen MR) is 93.8 cm³/mol. The molecule has 31 heavy (non-hydrogen) atoms. The molecule has 1 heterocycles. The number of benzene rings is 2. The van der Waals surface area contributed by atoms with Crippen molar-refractivity contribution in [2.75, 3.05) is 0 Å². The highest BCUT2D eigenvalue weighted by Crippen LogP contribution is 2.32. The standard InChI is InChI=1S/C18H10F8N2O2S/c1-2-28-11-5-3-8(31(29,30)18(24,25)26)7-10(11)27-12(28)6-4-9-13(19)15(21)17(23)16(22)14(9)20/h3-7H,2H2,1H3/b6-4+. The lowest BCUT2D eigenvalue weighted by atomic mass is 10.1. The first kappa shape index (κ1) is 22.7. The summed E-state index contributed by atoms with van der Waals surface area (Å²) in [7, 11) is -5.64. The van der Waals surface area contributed by atoms with Crippen LogP contribution in [-0.2, 0) is 16.4 Å². The van der Waals surface area contributed by atoms with Crippen molar-refractivity contribution in [3.63, 3.8) is 0 Å². The Morgan fingerprint density at radius 1 is 0.935 bits per heavy atom. The number of halogens is 8. The lowest BCUT2D eigenvalue weighted by molar-refractivity contribution is -0.0435. The average molecular weight is 470 g/mol. The van der Waals surface area contributed by atoms with E-state index in [1.165, 1.54) is 4.57 Å². The van der Waals surface area contributed by atoms with Gasteiger partial charge in [-0.2, -0.15) is 13.2 Å². The average Bonchev–Trinajstić information content (AvgIpc) is 3.06. The molecule has 0 atom stereocenters. The summed E-state index contributed by atoms with van der Waals surface area (Å²) in [6.07, 6.45) is 1.46. The Kier molecular flexibility index (Phi) is 5.59. The van der Waals surface area contributed by atoms with Crippen LogP contribution in [0.3, 0.4) is 0 Å². The molecule has 0 radical (unpaired) electrons. The fourth-order valence-corrected chi connectivity index (χ4v) is 3.60. The number of imidazole rings is 1. The van der Waals surface area contributed by atoms with Gasteiger partial charge in [0.25, 0.3) is 9.84 Å². The van der Waals surface area contributed by atoms with Crippen molar-refractivity contribution in [1.82, 2.24) is 9.55 Å². The molecule has 0 bridgehead atoms. The number of rotatable bonds is 4. The van der Waals surface area contributed by atoms with E-state index < -0.39 is 54.9 Å². The van der Waals surface area contributed by atoms with Gasteiger partial charge in [0.2, 0.25) is 5.82 Å². The molecule has 3 rings (SSSR count). The van der Waals surface area contributed by atoms with Crippen LogP contribution in [0.25, 0.3) is 23.2 Å². The second kappa shape index (κ2) is 7.62. The van der Waals surface area contributed by atoms with Gasteiger partial charge in [-0.1, -0.05) is 0 Å². The van der Waals surface area contributed by atoms with E-state index in [9.17, 15) is 43.5 Å². The maximum absolute atomic E-state index is 13.8. The minimum absolute atomic E-state index is 0.122. The first-order valence-electron chi connectivity index (χ1n) is 8.32. The summed E-state index contributed by atoms with van der Waals surface area (Å²) in [5, 5.41) is 0. The van der Waals surface area contributed by atoms with Gasteiger partial charge in [0.1, 0.15) is 5.82 Å². The number of sulfone groups is 1. The van der Waals surface area contributed by atoms with Gasteiger partial charge in [-0.25, -0.2) is 35.4 Å². The van der Waals surface area contributed by atoms with E-state index >= 15 is 0 Å². The van der Waals surface area contributed by atoms with Gasteiger partial charge >= 0.3 is 5.51 Å². The molecule has 0 fully saturated rings. The third-order valence-corrected chi connectivity index (χ3v) is 5.81. The number of aryl methyl sites for hydroxylation is 1. The normalized spacial score (nSPS) is 12.9. The van der Waals surface area contributed by atoms with E-state index in [1.807, 2.05) is 0 Å². The molecule has 0 spiro atoms. The van der Waals surface area contributed by atoms with Crippen LogP contribution in [0, 0.1) is 29.1 Å². The Balaban J connectivity index is 2.15. The van der Waals surface area contributed by atoms with Crippen molar-refractivity contribution in [3.05, 3.63) is 58.7 Å². The molecular weight excluding hydrogens is 460 g/mol. The molecule has 3 aromatic rings. The minimum Gasteiger partial charge on any atom is -0.325 e. The van der Waals surface area contributed by atoms with E-state index in [0.717, 1.165) is 18.2 Å². The maximum Gasteiger partial charge on any atom is 0.501 e. The monoisotopic (exact) mass is 470 g/mol. The SMILES string of the molecule is CCn1c(/C=C/c2c(F)c(F)c(F)c(F)c2F)nc2cc(S(=O)(=O)C(F)(F)F)ccc21. The Bertz CT molecular complexity index is 1300. The smallest absolute Gasteiger partial charge is 0.325 e. The van der Waals surface area contributed by atoms with Crippen molar-refractivity contribution >= 4 is 33.0 Å². The Morgan fingerprint density at radius 2 is 1.48 bits per heavy atom. The van der Waals surface area contributed by atoms with Crippen molar-refractivity contribution in [2.45, 2.75) is 23.9 Å². The number of hydrogen-bond donors (Lipinski definition) is 0. The zero-order valence-corrected chi connectivity index (χ0v) is 16.1. The van der Waals surface area contributed by atoms with Crippen LogP contribution in [0.2, 0.25) is 0 Å². The maximum atomic E-state index is 13.8. The fourth-order valence-electron chi connectivity index (χ4n) is 2.81. The third kappa shape index (κ3) is 3.66. The molecule has 0 unspecified atom stereocenters.